The molecule has 0 saturated carbocycles. The van der Waals surface area contributed by atoms with Crippen LogP contribution in [0, 0.1) is 5.92 Å². The van der Waals surface area contributed by atoms with Crippen LogP contribution in [-0.2, 0) is 14.8 Å². The van der Waals surface area contributed by atoms with Gasteiger partial charge < -0.3 is 14.7 Å². The van der Waals surface area contributed by atoms with E-state index in [0.29, 0.717) is 25.5 Å². The molecule has 1 aliphatic rings. The summed E-state index contributed by atoms with van der Waals surface area (Å²) in [6.07, 6.45) is 3.28. The molecule has 0 amide bonds. The first-order valence-corrected chi connectivity index (χ1v) is 14.4. The molecule has 9 nitrogen and oxygen atoms in total. The van der Waals surface area contributed by atoms with Crippen molar-refractivity contribution in [2.45, 2.75) is 24.3 Å². The van der Waals surface area contributed by atoms with Crippen LogP contribution >= 0.6 is 34.8 Å². The van der Waals surface area contributed by atoms with Gasteiger partial charge in [-0.15, -0.1) is 0 Å². The quantitative estimate of drug-likeness (QED) is 0.173. The molecule has 1 fully saturated rings. The number of hydrogen-bond acceptors (Lipinski definition) is 9. The first-order valence-electron chi connectivity index (χ1n) is 11.2. The van der Waals surface area contributed by atoms with Crippen LogP contribution in [0.2, 0.25) is 0 Å². The Bertz CT molecular complexity index is 1290. The molecular formula is C24H27IN4O5S2. The zero-order valence-electron chi connectivity index (χ0n) is 19.6. The highest BCUT2D eigenvalue weighted by atomic mass is 127. The highest BCUT2D eigenvalue weighted by Crippen LogP contribution is 2.24. The van der Waals surface area contributed by atoms with Crippen molar-refractivity contribution in [3.05, 3.63) is 60.4 Å². The summed E-state index contributed by atoms with van der Waals surface area (Å²) in [6.45, 7) is 2.67. The van der Waals surface area contributed by atoms with Crippen molar-refractivity contribution >= 4 is 70.9 Å². The van der Waals surface area contributed by atoms with E-state index in [-0.39, 0.29) is 29.6 Å². The van der Waals surface area contributed by atoms with Gasteiger partial charge in [-0.05, 0) is 58.8 Å². The average molecular weight is 643 g/mol. The number of benzene rings is 2. The molecule has 1 saturated heterocycles. The predicted octanol–water partition coefficient (Wildman–Crippen LogP) is 3.35. The van der Waals surface area contributed by atoms with Crippen molar-refractivity contribution in [2.24, 2.45) is 5.92 Å². The Morgan fingerprint density at radius 3 is 2.56 bits per heavy atom. The minimum absolute atomic E-state index is 0.192. The van der Waals surface area contributed by atoms with E-state index in [1.165, 1.54) is 12.4 Å². The molecule has 0 bridgehead atoms. The third kappa shape index (κ3) is 7.16. The van der Waals surface area contributed by atoms with E-state index in [2.05, 4.69) is 26.9 Å². The number of esters is 1. The Morgan fingerprint density at radius 1 is 1.25 bits per heavy atom. The second-order valence-electron chi connectivity index (χ2n) is 8.00. The maximum atomic E-state index is 13.0. The van der Waals surface area contributed by atoms with Crippen LogP contribution in [0.15, 0.2) is 59.8 Å². The van der Waals surface area contributed by atoms with Crippen LogP contribution in [-0.4, -0.2) is 65.2 Å². The number of piperidine rings is 1. The van der Waals surface area contributed by atoms with Crippen molar-refractivity contribution in [2.75, 3.05) is 31.2 Å². The first kappa shape index (κ1) is 28.3. The number of thiocarbonyl (C=S) groups is 1. The van der Waals surface area contributed by atoms with Crippen LogP contribution in [0.5, 0.6) is 0 Å². The summed E-state index contributed by atoms with van der Waals surface area (Å²) < 4.78 is 35.3. The number of aromatic nitrogens is 2. The number of anilines is 1. The van der Waals surface area contributed by atoms with Gasteiger partial charge >= 0.3 is 5.97 Å². The minimum atomic E-state index is -3.76. The summed E-state index contributed by atoms with van der Waals surface area (Å²) in [5, 5.41) is 11.8. The number of ether oxygens (including phenoxy) is 1. The van der Waals surface area contributed by atoms with Gasteiger partial charge in [0.1, 0.15) is 0 Å². The minimum Gasteiger partial charge on any atom is -0.462 e. The van der Waals surface area contributed by atoms with Gasteiger partial charge in [-0.2, -0.15) is 0 Å². The van der Waals surface area contributed by atoms with Crippen molar-refractivity contribution in [1.82, 2.24) is 14.7 Å². The number of nitrogens with one attached hydrogen (secondary N) is 1. The van der Waals surface area contributed by atoms with E-state index < -0.39 is 22.0 Å². The largest absolute Gasteiger partial charge is 0.462 e. The van der Waals surface area contributed by atoms with Crippen LogP contribution in [0.4, 0.5) is 5.95 Å². The van der Waals surface area contributed by atoms with Crippen LogP contribution in [0.3, 0.4) is 0 Å². The molecule has 4 rings (SSSR count). The molecule has 12 heteroatoms. The first-order chi connectivity index (χ1) is 17.3. The fourth-order valence-corrected chi connectivity index (χ4v) is 5.33. The van der Waals surface area contributed by atoms with Crippen LogP contribution < -0.4 is 9.62 Å². The third-order valence-corrected chi connectivity index (χ3v) is 7.23. The van der Waals surface area contributed by atoms with Gasteiger partial charge in [-0.1, -0.05) is 42.5 Å². The number of hydrogen-bond donors (Lipinski definition) is 2. The Labute approximate surface area is 229 Å². The summed E-state index contributed by atoms with van der Waals surface area (Å²) in [5.74, 6) is -0.418. The van der Waals surface area contributed by atoms with Crippen LogP contribution in [0.1, 0.15) is 23.7 Å². The predicted molar refractivity (Wildman–Crippen MR) is 151 cm³/mol. The molecule has 2 aromatic carbocycles. The summed E-state index contributed by atoms with van der Waals surface area (Å²) in [4.78, 5) is 22.3. The van der Waals surface area contributed by atoms with Crippen molar-refractivity contribution < 1.29 is 23.1 Å². The molecule has 2 N–H and O–H groups in total. The molecule has 3 aromatic rings. The monoisotopic (exact) mass is 642 g/mol. The maximum Gasteiger partial charge on any atom is 0.341 e. The van der Waals surface area contributed by atoms with Crippen molar-refractivity contribution in [1.29, 1.82) is 0 Å². The second kappa shape index (κ2) is 13.3. The number of carbonyl (C=O) groups excluding carboxylic acids is 1. The molecule has 2 heterocycles. The van der Waals surface area contributed by atoms with E-state index in [1.807, 2.05) is 51.8 Å². The molecule has 2 atom stereocenters. The SMILES string of the molecule is CCOC(=O)c1cnc(N2CC[C@@H](NS(=O)(=O)c3ccc4ccccc4c3)[C@@H](CO)C2)nc1.S=CI. The van der Waals surface area contributed by atoms with Crippen LogP contribution in [0.25, 0.3) is 10.8 Å². The Kier molecular flexibility index (Phi) is 10.5. The fourth-order valence-electron chi connectivity index (χ4n) is 3.96. The lowest BCUT2D eigenvalue weighted by atomic mass is 9.94. The molecule has 36 heavy (non-hydrogen) atoms. The molecule has 192 valence electrons. The van der Waals surface area contributed by atoms with Crippen molar-refractivity contribution in [3.8, 4) is 0 Å². The Hall–Kier alpha value is -2.26. The summed E-state index contributed by atoms with van der Waals surface area (Å²) in [5.41, 5.74) is 0.261. The molecule has 1 aromatic heterocycles. The average Bonchev–Trinajstić information content (AvgIpc) is 2.89. The third-order valence-electron chi connectivity index (χ3n) is 5.74. The number of fused-ring (bicyclic) bond motifs is 1. The van der Waals surface area contributed by atoms with E-state index in [4.69, 9.17) is 4.74 Å². The summed E-state index contributed by atoms with van der Waals surface area (Å²) in [7, 11) is -3.76. The molecule has 0 aliphatic carbocycles. The highest BCUT2D eigenvalue weighted by Gasteiger charge is 2.33. The highest BCUT2D eigenvalue weighted by molar-refractivity contribution is 14.1. The lowest BCUT2D eigenvalue weighted by molar-refractivity contribution is 0.0525. The number of aliphatic hydroxyl groups excluding tert-OH is 1. The van der Waals surface area contributed by atoms with Gasteiger partial charge in [-0.3, -0.25) is 0 Å². The number of carbonyl (C=O) groups is 1. The van der Waals surface area contributed by atoms with Crippen molar-refractivity contribution in [3.63, 3.8) is 0 Å². The van der Waals surface area contributed by atoms with Gasteiger partial charge in [0.05, 0.1) is 17.1 Å². The molecule has 0 spiro atoms. The number of nitrogens with zero attached hydrogens (tertiary/aromatic N) is 3. The van der Waals surface area contributed by atoms with Gasteiger partial charge in [0.2, 0.25) is 16.0 Å². The Morgan fingerprint density at radius 2 is 1.92 bits per heavy atom. The van der Waals surface area contributed by atoms with Gasteiger partial charge in [0.25, 0.3) is 0 Å². The maximum absolute atomic E-state index is 13.0. The standard InChI is InChI=1S/C23H26N4O5S.CHIS/c1-2-32-22(29)18-12-24-23(25-13-18)27-10-9-21(19(14-27)15-28)26-33(30,31)20-8-7-16-5-3-4-6-17(16)11-20;2-1-3/h3-8,11-13,19,21,26,28H,2,9-10,14-15H2,1H3;1H/t19-,21-;/m1./s1. The summed E-state index contributed by atoms with van der Waals surface area (Å²) in [6, 6.07) is 12.2. The van der Waals surface area contributed by atoms with Gasteiger partial charge in [-0.25, -0.2) is 27.9 Å². The van der Waals surface area contributed by atoms with Gasteiger partial charge in [0.15, 0.2) is 0 Å². The smallest absolute Gasteiger partial charge is 0.341 e. The molecular weight excluding hydrogens is 615 g/mol. The Balaban J connectivity index is 0.00000115. The van der Waals surface area contributed by atoms with E-state index in [9.17, 15) is 18.3 Å². The molecule has 1 aliphatic heterocycles. The topological polar surface area (TPSA) is 122 Å². The van der Waals surface area contributed by atoms with Gasteiger partial charge in [0, 0.05) is 47.4 Å². The molecule has 0 unspecified atom stereocenters. The zero-order chi connectivity index (χ0) is 26.1. The number of halogens is 1. The summed E-state index contributed by atoms with van der Waals surface area (Å²) >= 11 is 6.23. The van der Waals surface area contributed by atoms with E-state index >= 15 is 0 Å². The lowest BCUT2D eigenvalue weighted by Gasteiger charge is -2.37. The van der Waals surface area contributed by atoms with E-state index in [1.54, 1.807) is 28.5 Å². The zero-order valence-corrected chi connectivity index (χ0v) is 23.4. The lowest BCUT2D eigenvalue weighted by Crippen LogP contribution is -2.52. The molecule has 0 radical (unpaired) electrons. The van der Waals surface area contributed by atoms with E-state index in [0.717, 1.165) is 10.8 Å². The second-order valence-corrected chi connectivity index (χ2v) is 11.4. The number of aliphatic hydroxyl groups is 1. The normalized spacial score (nSPS) is 17.7. The fraction of sp³-hybridized carbons (Fsp3) is 0.333. The number of sulfonamides is 1. The number of rotatable bonds is 7.